The predicted octanol–water partition coefficient (Wildman–Crippen LogP) is 22.5. The van der Waals surface area contributed by atoms with Gasteiger partial charge in [-0.2, -0.15) is 119 Å². The molecule has 3 N–H and O–H groups in total. The molecule has 17 rings (SSSR count). The van der Waals surface area contributed by atoms with Gasteiger partial charge in [-0.15, -0.1) is 22.3 Å². The second-order valence-corrected chi connectivity index (χ2v) is 32.5. The zero-order valence-corrected chi connectivity index (χ0v) is 88.1. The molecule has 0 bridgehead atoms. The number of aryl methyl sites for hydroxylation is 4. The number of rotatable bonds is 26. The van der Waals surface area contributed by atoms with Crippen LogP contribution in [0.15, 0.2) is 280 Å². The summed E-state index contributed by atoms with van der Waals surface area (Å²) in [5.74, 6) is 4.10. The van der Waals surface area contributed by atoms with Crippen molar-refractivity contribution < 1.29 is 188 Å². The van der Waals surface area contributed by atoms with Crippen molar-refractivity contribution in [1.29, 1.82) is 0 Å². The number of aromatic hydroxyl groups is 3. The van der Waals surface area contributed by atoms with E-state index in [1.807, 2.05) is 198 Å². The smallest absolute Gasteiger partial charge is 0.342 e. The molecule has 1 fully saturated rings. The number of alkyl halides is 3. The zero-order valence-electron chi connectivity index (χ0n) is 71.9. The van der Waals surface area contributed by atoms with Gasteiger partial charge in [0.25, 0.3) is 0 Å². The molecule has 0 amide bonds. The molecule has 648 valence electrons. The van der Waals surface area contributed by atoms with Crippen molar-refractivity contribution in [3.05, 3.63) is 375 Å². The third-order valence-corrected chi connectivity index (χ3v) is 22.7. The Bertz CT molecular complexity index is 6540. The number of benzene rings is 12. The van der Waals surface area contributed by atoms with Crippen molar-refractivity contribution >= 4 is 91.7 Å². The Morgan fingerprint density at radius 2 is 0.581 bits per heavy atom. The molecule has 17 nitrogen and oxygen atoms in total. The zero-order chi connectivity index (χ0) is 87.5. The number of methoxy groups -OCH3 is 1. The monoisotopic (exact) mass is 2210 g/mol. The fourth-order valence-corrected chi connectivity index (χ4v) is 16.0. The minimum Gasteiger partial charge on any atom is -0.508 e. The van der Waals surface area contributed by atoms with Gasteiger partial charge in [0.15, 0.2) is 0 Å². The Morgan fingerprint density at radius 3 is 0.837 bits per heavy atom. The summed E-state index contributed by atoms with van der Waals surface area (Å²) in [6, 6.07) is 86.5. The molecule has 1 saturated heterocycles. The molecule has 0 aliphatic carbocycles. The van der Waals surface area contributed by atoms with Gasteiger partial charge in [0.05, 0.1) is 26.9 Å². The van der Waals surface area contributed by atoms with Gasteiger partial charge in [0.1, 0.15) is 74.9 Å². The van der Waals surface area contributed by atoms with Crippen LogP contribution in [-0.4, -0.2) is 89.4 Å². The molecule has 0 atom stereocenters. The van der Waals surface area contributed by atoms with E-state index in [9.17, 15) is 34.5 Å². The van der Waals surface area contributed by atoms with Crippen LogP contribution in [0.4, 0.5) is 0 Å². The van der Waals surface area contributed by atoms with E-state index >= 15 is 0 Å². The van der Waals surface area contributed by atoms with Crippen LogP contribution in [0.25, 0.3) is 88.4 Å². The number of hydrogen-bond donors (Lipinski definition) is 3. The van der Waals surface area contributed by atoms with Crippen molar-refractivity contribution in [1.82, 2.24) is 4.90 Å². The molecule has 0 unspecified atom stereocenters. The maximum absolute atomic E-state index is 13.1. The van der Waals surface area contributed by atoms with E-state index in [1.165, 1.54) is 44.1 Å². The standard InChI is InChI=1S/C29H28NO4.C26H22BrO4.2C25H20BrO4.4Y/c1-20-6-2-3-7-24(20)28-26(25-13-10-22(31)19-27(25)34-29(28)32)18-21-8-11-23(12-9-21)33-17-16-30-14-4-5-15-30;1-17-5-3-4-6-21(17)25-23(15-18-7-9-19(10-8-18)30-14-13-27)22-12-11-20(29-2)16-24(22)31-26(25)28;2*1-16-4-2-3-5-20(16)24-22(14-17-6-9-19(10-7-17)29-13-12-26)21-11-8-18(27)15-23(21)30-25(24)28;;;;/h3,6-13,19,31H,4-5,14-18H2,1H3;4-12,16H,13-15H2,1-2H3;2*3-11,15,27H,12-14H2,1H3;;;;/q4*-1;;;;. The maximum Gasteiger partial charge on any atom is 0.342 e. The molecule has 129 heavy (non-hydrogen) atoms. The van der Waals surface area contributed by atoms with Crippen molar-refractivity contribution in [2.45, 2.75) is 66.2 Å². The fraction of sp³-hybridized carbons (Fsp3) is 0.200. The first-order valence-corrected chi connectivity index (χ1v) is 44.3. The van der Waals surface area contributed by atoms with Crippen LogP contribution < -0.4 is 46.2 Å². The summed E-state index contributed by atoms with van der Waals surface area (Å²) in [5, 5.41) is 35.2. The molecule has 5 heterocycles. The molecule has 0 spiro atoms. The molecule has 4 aromatic heterocycles. The summed E-state index contributed by atoms with van der Waals surface area (Å²) in [6.45, 7) is 13.6. The Balaban J connectivity index is 0.000000177. The normalized spacial score (nSPS) is 11.4. The Hall–Kier alpha value is -8.30. The Kier molecular flexibility index (Phi) is 39.8. The average molecular weight is 2220 g/mol. The minimum absolute atomic E-state index is 0. The first kappa shape index (κ1) is 103. The van der Waals surface area contributed by atoms with Gasteiger partial charge in [0, 0.05) is 221 Å². The maximum atomic E-state index is 13.1. The Labute approximate surface area is 874 Å². The van der Waals surface area contributed by atoms with Gasteiger partial charge in [-0.1, -0.05) is 124 Å². The van der Waals surface area contributed by atoms with Gasteiger partial charge in [-0.05, 0) is 193 Å². The summed E-state index contributed by atoms with van der Waals surface area (Å²) < 4.78 is 50.7. The average Bonchev–Trinajstić information content (AvgIpc) is 0.999. The Morgan fingerprint density at radius 1 is 0.333 bits per heavy atom. The van der Waals surface area contributed by atoms with Crippen LogP contribution in [0.3, 0.4) is 0 Å². The van der Waals surface area contributed by atoms with Crippen LogP contribution in [0.1, 0.15) is 79.6 Å². The molecule has 24 heteroatoms. The quantitative estimate of drug-likeness (QED) is 0.0260. The molecule has 12 aromatic carbocycles. The summed E-state index contributed by atoms with van der Waals surface area (Å²) in [4.78, 5) is 54.7. The number of hydrogen-bond acceptors (Lipinski definition) is 17. The number of phenolic OH excluding ortho intramolecular Hbond substituents is 3. The van der Waals surface area contributed by atoms with Crippen molar-refractivity contribution in [2.24, 2.45) is 0 Å². The van der Waals surface area contributed by atoms with E-state index in [0.29, 0.717) is 102 Å². The summed E-state index contributed by atoms with van der Waals surface area (Å²) in [7, 11) is 1.59. The molecular formula is C105H90Br3NO16Y4-4. The summed E-state index contributed by atoms with van der Waals surface area (Å²) in [5.41, 5.74) is 17.2. The molecule has 0 saturated carbocycles. The van der Waals surface area contributed by atoms with Crippen LogP contribution in [-0.2, 0) is 157 Å². The van der Waals surface area contributed by atoms with Crippen LogP contribution in [0.2, 0.25) is 0 Å². The fourth-order valence-electron chi connectivity index (χ4n) is 15.5. The van der Waals surface area contributed by atoms with E-state index in [0.717, 1.165) is 156 Å². The van der Waals surface area contributed by atoms with Crippen molar-refractivity contribution in [3.8, 4) is 90.5 Å². The van der Waals surface area contributed by atoms with Gasteiger partial charge < -0.3 is 56.7 Å². The van der Waals surface area contributed by atoms with E-state index in [1.54, 1.807) is 61.7 Å². The SMILES string of the molecule is COc1ccc2c(Cc3ccc(OCCBr)cc3)c(-c3cc[c-]cc3C)c(=O)oc2c1.Cc1c[c-]ccc1-c1c(Cc2ccc(OCCBr)cc2)c2ccc(O)cc2oc1=O.Cc1c[c-]ccc1-c1c(Cc2ccc(OCCBr)cc2)c2ccc(O)cc2oc1=O.Cc1c[c-]ccc1-c1c(Cc2ccc(OCCN3CCCC3)cc2)c2ccc(O)cc2oc1=O.[Y].[Y].[Y].[Y]. The first-order valence-electron chi connectivity index (χ1n) is 41.0. The second kappa shape index (κ2) is 50.0. The van der Waals surface area contributed by atoms with Crippen molar-refractivity contribution in [3.63, 3.8) is 0 Å². The van der Waals surface area contributed by atoms with Crippen molar-refractivity contribution in [2.75, 3.05) is 69.2 Å². The molecular weight excluding hydrogens is 2130 g/mol. The number of ether oxygens (including phenoxy) is 5. The topological polar surface area (TPSA) is 231 Å². The van der Waals surface area contributed by atoms with E-state index < -0.39 is 16.9 Å². The number of halogens is 3. The number of phenols is 3. The van der Waals surface area contributed by atoms with Crippen LogP contribution in [0, 0.1) is 52.0 Å². The third kappa shape index (κ3) is 26.4. The van der Waals surface area contributed by atoms with Gasteiger partial charge in [-0.25, -0.2) is 19.2 Å². The van der Waals surface area contributed by atoms with Crippen LogP contribution in [0.5, 0.6) is 46.0 Å². The minimum atomic E-state index is -0.422. The summed E-state index contributed by atoms with van der Waals surface area (Å²) >= 11 is 10.1. The number of nitrogens with zero attached hydrogens (tertiary/aromatic N) is 1. The predicted molar refractivity (Wildman–Crippen MR) is 504 cm³/mol. The largest absolute Gasteiger partial charge is 0.508 e. The van der Waals surface area contributed by atoms with E-state index in [2.05, 4.69) is 77.0 Å². The van der Waals surface area contributed by atoms with Gasteiger partial charge in [-0.3, -0.25) is 4.90 Å². The molecule has 4 radical (unpaired) electrons. The third-order valence-electron chi connectivity index (χ3n) is 21.7. The second-order valence-electron chi connectivity index (χ2n) is 30.1. The van der Waals surface area contributed by atoms with E-state index in [4.69, 9.17) is 41.4 Å². The summed E-state index contributed by atoms with van der Waals surface area (Å²) in [6.07, 6.45) is 4.78. The molecule has 1 aliphatic heterocycles. The first-order chi connectivity index (χ1) is 60.8. The van der Waals surface area contributed by atoms with E-state index in [-0.39, 0.29) is 154 Å². The number of fused-ring (bicyclic) bond motifs is 4. The van der Waals surface area contributed by atoms with Crippen LogP contribution >= 0.6 is 47.8 Å². The number of likely N-dealkylation sites (tertiary alicyclic amines) is 1. The molecule has 16 aromatic rings. The molecule has 1 aliphatic rings. The van der Waals surface area contributed by atoms with Gasteiger partial charge >= 0.3 is 22.5 Å². The van der Waals surface area contributed by atoms with Gasteiger partial charge in [0.2, 0.25) is 0 Å².